The van der Waals surface area contributed by atoms with Crippen LogP contribution in [0.3, 0.4) is 0 Å². The molecule has 0 saturated carbocycles. The largest absolute Gasteiger partial charge is 0.381 e. The molecule has 0 spiro atoms. The predicted octanol–water partition coefficient (Wildman–Crippen LogP) is 0.198. The van der Waals surface area contributed by atoms with Crippen LogP contribution in [0, 0.1) is 5.92 Å². The maximum Gasteiger partial charge on any atom is 0.236 e. The van der Waals surface area contributed by atoms with Crippen LogP contribution in [-0.4, -0.2) is 75.2 Å². The summed E-state index contributed by atoms with van der Waals surface area (Å²) < 4.78 is 5.47. The number of likely N-dealkylation sites (N-methyl/N-ethyl adjacent to an activating group) is 1. The van der Waals surface area contributed by atoms with E-state index in [1.54, 1.807) is 0 Å². The lowest BCUT2D eigenvalue weighted by Gasteiger charge is -2.31. The van der Waals surface area contributed by atoms with Gasteiger partial charge in [0, 0.05) is 39.3 Å². The molecule has 2 rings (SSSR count). The van der Waals surface area contributed by atoms with Crippen molar-refractivity contribution >= 4 is 18.3 Å². The van der Waals surface area contributed by atoms with Crippen LogP contribution >= 0.6 is 12.4 Å². The van der Waals surface area contributed by atoms with E-state index in [0.717, 1.165) is 52.4 Å². The summed E-state index contributed by atoms with van der Waals surface area (Å²) in [4.78, 5) is 16.2. The van der Waals surface area contributed by atoms with Crippen molar-refractivity contribution in [3.8, 4) is 0 Å². The first-order valence-corrected chi connectivity index (χ1v) is 7.00. The van der Waals surface area contributed by atoms with E-state index >= 15 is 0 Å². The highest BCUT2D eigenvalue weighted by atomic mass is 35.5. The summed E-state index contributed by atoms with van der Waals surface area (Å²) in [6.45, 7) is 6.80. The average molecular weight is 292 g/mol. The number of hydrogen-bond donors (Lipinski definition) is 1. The Morgan fingerprint density at radius 2 is 2.16 bits per heavy atom. The summed E-state index contributed by atoms with van der Waals surface area (Å²) in [5.74, 6) is 0.857. The smallest absolute Gasteiger partial charge is 0.236 e. The van der Waals surface area contributed by atoms with E-state index in [1.807, 2.05) is 11.9 Å². The first kappa shape index (κ1) is 16.7. The molecule has 112 valence electrons. The van der Waals surface area contributed by atoms with Gasteiger partial charge in [-0.2, -0.15) is 0 Å². The molecule has 0 bridgehead atoms. The van der Waals surface area contributed by atoms with Crippen molar-refractivity contribution in [3.05, 3.63) is 0 Å². The Morgan fingerprint density at radius 1 is 1.42 bits per heavy atom. The first-order valence-electron chi connectivity index (χ1n) is 7.00. The fraction of sp³-hybridized carbons (Fsp3) is 0.923. The van der Waals surface area contributed by atoms with Crippen LogP contribution in [0.5, 0.6) is 0 Å². The van der Waals surface area contributed by atoms with Gasteiger partial charge in [-0.05, 0) is 25.8 Å². The first-order chi connectivity index (χ1) is 8.75. The quantitative estimate of drug-likeness (QED) is 0.804. The molecule has 2 aliphatic rings. The molecule has 5 nitrogen and oxygen atoms in total. The number of amides is 1. The number of halogens is 1. The van der Waals surface area contributed by atoms with E-state index in [1.165, 1.54) is 6.42 Å². The highest BCUT2D eigenvalue weighted by Gasteiger charge is 2.20. The Kier molecular flexibility index (Phi) is 7.68. The average Bonchev–Trinajstić information content (AvgIpc) is 2.40. The summed E-state index contributed by atoms with van der Waals surface area (Å²) in [6, 6.07) is 0. The number of hydrogen-bond acceptors (Lipinski definition) is 4. The molecule has 1 unspecified atom stereocenters. The Hall–Kier alpha value is -0.360. The minimum Gasteiger partial charge on any atom is -0.381 e. The van der Waals surface area contributed by atoms with Crippen molar-refractivity contribution in [3.63, 3.8) is 0 Å². The van der Waals surface area contributed by atoms with Crippen molar-refractivity contribution < 1.29 is 9.53 Å². The third-order valence-corrected chi connectivity index (χ3v) is 3.70. The van der Waals surface area contributed by atoms with Gasteiger partial charge in [-0.1, -0.05) is 0 Å². The Balaban J connectivity index is 0.00000180. The molecule has 2 heterocycles. The second kappa shape index (κ2) is 8.74. The van der Waals surface area contributed by atoms with Gasteiger partial charge in [0.15, 0.2) is 0 Å². The van der Waals surface area contributed by atoms with Crippen molar-refractivity contribution in [1.29, 1.82) is 0 Å². The highest BCUT2D eigenvalue weighted by molar-refractivity contribution is 5.85. The van der Waals surface area contributed by atoms with E-state index in [-0.39, 0.29) is 18.3 Å². The topological polar surface area (TPSA) is 44.8 Å². The molecule has 6 heteroatoms. The fourth-order valence-electron chi connectivity index (χ4n) is 2.70. The maximum atomic E-state index is 12.1. The molecule has 2 aliphatic heterocycles. The molecule has 2 fully saturated rings. The molecule has 0 aliphatic carbocycles. The van der Waals surface area contributed by atoms with Crippen LogP contribution in [0.15, 0.2) is 0 Å². The van der Waals surface area contributed by atoms with Crippen LogP contribution in [0.1, 0.15) is 12.8 Å². The third-order valence-electron chi connectivity index (χ3n) is 3.70. The molecular formula is C13H26ClN3O2. The zero-order chi connectivity index (χ0) is 12.8. The second-order valence-electron chi connectivity index (χ2n) is 5.41. The zero-order valence-corrected chi connectivity index (χ0v) is 12.6. The van der Waals surface area contributed by atoms with Crippen molar-refractivity contribution in [2.75, 3.05) is 59.5 Å². The van der Waals surface area contributed by atoms with Crippen molar-refractivity contribution in [2.24, 2.45) is 5.92 Å². The molecule has 0 aromatic carbocycles. The van der Waals surface area contributed by atoms with Gasteiger partial charge in [-0.25, -0.2) is 0 Å². The maximum absolute atomic E-state index is 12.1. The molecule has 1 atom stereocenters. The highest BCUT2D eigenvalue weighted by Crippen LogP contribution is 2.14. The zero-order valence-electron chi connectivity index (χ0n) is 11.8. The van der Waals surface area contributed by atoms with E-state index in [2.05, 4.69) is 10.2 Å². The molecule has 19 heavy (non-hydrogen) atoms. The number of rotatable bonds is 4. The molecule has 1 amide bonds. The SMILES string of the molecule is CN(CC(=O)N1CCNCC1)CC1CCCOC1.Cl. The summed E-state index contributed by atoms with van der Waals surface area (Å²) >= 11 is 0. The lowest BCUT2D eigenvalue weighted by Crippen LogP contribution is -2.49. The van der Waals surface area contributed by atoms with E-state index in [4.69, 9.17) is 4.74 Å². The van der Waals surface area contributed by atoms with Gasteiger partial charge in [0.05, 0.1) is 13.2 Å². The van der Waals surface area contributed by atoms with E-state index in [0.29, 0.717) is 12.5 Å². The number of carbonyl (C=O) groups is 1. The second-order valence-corrected chi connectivity index (χ2v) is 5.41. The Bertz CT molecular complexity index is 267. The van der Waals surface area contributed by atoms with Crippen molar-refractivity contribution in [2.45, 2.75) is 12.8 Å². The predicted molar refractivity (Wildman–Crippen MR) is 77.7 cm³/mol. The monoisotopic (exact) mass is 291 g/mol. The minimum absolute atomic E-state index is 0. The van der Waals surface area contributed by atoms with Gasteiger partial charge in [0.25, 0.3) is 0 Å². The molecule has 0 aromatic heterocycles. The fourth-order valence-corrected chi connectivity index (χ4v) is 2.70. The van der Waals surface area contributed by atoms with Gasteiger partial charge in [-0.15, -0.1) is 12.4 Å². The standard InChI is InChI=1S/C13H25N3O2.ClH/c1-15(9-12-3-2-8-18-11-12)10-13(17)16-6-4-14-5-7-16;/h12,14H,2-11H2,1H3;1H. The summed E-state index contributed by atoms with van der Waals surface area (Å²) in [6.07, 6.45) is 2.39. The summed E-state index contributed by atoms with van der Waals surface area (Å²) in [5, 5.41) is 3.26. The summed E-state index contributed by atoms with van der Waals surface area (Å²) in [5.41, 5.74) is 0. The molecule has 0 radical (unpaired) electrons. The molecule has 0 aromatic rings. The van der Waals surface area contributed by atoms with E-state index in [9.17, 15) is 4.79 Å². The molecule has 1 N–H and O–H groups in total. The normalized spacial score (nSPS) is 24.1. The molecule has 2 saturated heterocycles. The van der Waals surface area contributed by atoms with Gasteiger partial charge < -0.3 is 15.0 Å². The minimum atomic E-state index is 0. The number of nitrogens with one attached hydrogen (secondary N) is 1. The number of carbonyl (C=O) groups excluding carboxylic acids is 1. The van der Waals surface area contributed by atoms with Gasteiger partial charge in [-0.3, -0.25) is 9.69 Å². The Morgan fingerprint density at radius 3 is 2.79 bits per heavy atom. The van der Waals surface area contributed by atoms with Crippen molar-refractivity contribution in [1.82, 2.24) is 15.1 Å². The number of ether oxygens (including phenoxy) is 1. The lowest BCUT2D eigenvalue weighted by atomic mass is 10.0. The van der Waals surface area contributed by atoms with Crippen LogP contribution in [0.4, 0.5) is 0 Å². The van der Waals surface area contributed by atoms with Gasteiger partial charge >= 0.3 is 0 Å². The van der Waals surface area contributed by atoms with Gasteiger partial charge in [0.2, 0.25) is 5.91 Å². The van der Waals surface area contributed by atoms with Crippen LogP contribution in [0.2, 0.25) is 0 Å². The third kappa shape index (κ3) is 5.65. The number of piperazine rings is 1. The Labute approximate surface area is 122 Å². The van der Waals surface area contributed by atoms with Gasteiger partial charge in [0.1, 0.15) is 0 Å². The van der Waals surface area contributed by atoms with Crippen LogP contribution in [-0.2, 0) is 9.53 Å². The van der Waals surface area contributed by atoms with E-state index < -0.39 is 0 Å². The van der Waals surface area contributed by atoms with Crippen LogP contribution < -0.4 is 5.32 Å². The number of nitrogens with zero attached hydrogens (tertiary/aromatic N) is 2. The lowest BCUT2D eigenvalue weighted by molar-refractivity contribution is -0.132. The molecular weight excluding hydrogens is 266 g/mol. The summed E-state index contributed by atoms with van der Waals surface area (Å²) in [7, 11) is 2.04. The van der Waals surface area contributed by atoms with Crippen LogP contribution in [0.25, 0.3) is 0 Å².